The second-order valence-corrected chi connectivity index (χ2v) is 7.37. The Morgan fingerprint density at radius 3 is 2.80 bits per heavy atom. The fraction of sp³-hybridized carbons (Fsp3) is 0.833. The van der Waals surface area contributed by atoms with E-state index >= 15 is 0 Å². The summed E-state index contributed by atoms with van der Waals surface area (Å²) in [5, 5.41) is 24.9. The standard InChI is InChI=1S/C18H32N6O/c1-2-19-17(20-13-16-23-22-15-7-6-11-24(15)16)21-14-18(10-12-25)8-4-3-5-9-18/h25H,2-14H2,1H3,(H2,19,20,21). The predicted molar refractivity (Wildman–Crippen MR) is 98.4 cm³/mol. The van der Waals surface area contributed by atoms with Crippen LogP contribution in [0, 0.1) is 5.41 Å². The van der Waals surface area contributed by atoms with E-state index in [0.29, 0.717) is 6.54 Å². The van der Waals surface area contributed by atoms with Gasteiger partial charge in [-0.1, -0.05) is 19.3 Å². The van der Waals surface area contributed by atoms with Gasteiger partial charge in [-0.05, 0) is 38.0 Å². The Kier molecular flexibility index (Phi) is 6.29. The summed E-state index contributed by atoms with van der Waals surface area (Å²) in [6, 6.07) is 0. The molecule has 3 rings (SSSR count). The number of hydrogen-bond donors (Lipinski definition) is 3. The number of aryl methyl sites for hydroxylation is 1. The molecule has 1 fully saturated rings. The summed E-state index contributed by atoms with van der Waals surface area (Å²) in [6.07, 6.45) is 9.29. The summed E-state index contributed by atoms with van der Waals surface area (Å²) < 4.78 is 2.20. The van der Waals surface area contributed by atoms with Crippen molar-refractivity contribution < 1.29 is 5.11 Å². The van der Waals surface area contributed by atoms with E-state index in [0.717, 1.165) is 56.5 Å². The molecule has 0 saturated heterocycles. The molecule has 140 valence electrons. The molecule has 1 aromatic heterocycles. The van der Waals surface area contributed by atoms with Gasteiger partial charge in [-0.15, -0.1) is 10.2 Å². The van der Waals surface area contributed by atoms with Crippen molar-refractivity contribution in [3.05, 3.63) is 11.6 Å². The number of aliphatic hydroxyl groups is 1. The minimum absolute atomic E-state index is 0.208. The summed E-state index contributed by atoms with van der Waals surface area (Å²) >= 11 is 0. The number of fused-ring (bicyclic) bond motifs is 1. The van der Waals surface area contributed by atoms with Crippen LogP contribution < -0.4 is 10.6 Å². The van der Waals surface area contributed by atoms with E-state index in [1.165, 1.54) is 32.1 Å². The van der Waals surface area contributed by atoms with Crippen LogP contribution in [0.5, 0.6) is 0 Å². The summed E-state index contributed by atoms with van der Waals surface area (Å²) in [5.74, 6) is 2.88. The van der Waals surface area contributed by atoms with Crippen molar-refractivity contribution in [1.82, 2.24) is 25.4 Å². The number of nitrogens with one attached hydrogen (secondary N) is 2. The fourth-order valence-corrected chi connectivity index (χ4v) is 4.14. The second-order valence-electron chi connectivity index (χ2n) is 7.37. The number of hydrogen-bond acceptors (Lipinski definition) is 4. The molecule has 1 aliphatic carbocycles. The first-order valence-corrected chi connectivity index (χ1v) is 9.80. The highest BCUT2D eigenvalue weighted by molar-refractivity contribution is 5.79. The number of aliphatic imine (C=N–C) groups is 1. The van der Waals surface area contributed by atoms with Crippen LogP contribution in [0.3, 0.4) is 0 Å². The molecule has 2 aliphatic rings. The second kappa shape index (κ2) is 8.65. The van der Waals surface area contributed by atoms with Crippen LogP contribution in [-0.4, -0.2) is 45.5 Å². The number of aromatic nitrogens is 3. The third kappa shape index (κ3) is 4.51. The van der Waals surface area contributed by atoms with Crippen molar-refractivity contribution in [1.29, 1.82) is 0 Å². The monoisotopic (exact) mass is 348 g/mol. The van der Waals surface area contributed by atoms with E-state index in [-0.39, 0.29) is 12.0 Å². The van der Waals surface area contributed by atoms with Crippen molar-refractivity contribution >= 4 is 5.96 Å². The zero-order valence-electron chi connectivity index (χ0n) is 15.4. The minimum atomic E-state index is 0.208. The number of aliphatic hydroxyl groups excluding tert-OH is 1. The number of nitrogens with zero attached hydrogens (tertiary/aromatic N) is 4. The molecule has 0 spiro atoms. The summed E-state index contributed by atoms with van der Waals surface area (Å²) in [7, 11) is 0. The van der Waals surface area contributed by atoms with Gasteiger partial charge in [-0.2, -0.15) is 0 Å². The first-order chi connectivity index (χ1) is 12.3. The van der Waals surface area contributed by atoms with Gasteiger partial charge < -0.3 is 20.3 Å². The van der Waals surface area contributed by atoms with E-state index in [9.17, 15) is 5.11 Å². The van der Waals surface area contributed by atoms with Gasteiger partial charge in [-0.25, -0.2) is 4.99 Å². The zero-order valence-corrected chi connectivity index (χ0v) is 15.4. The lowest BCUT2D eigenvalue weighted by Crippen LogP contribution is -2.45. The van der Waals surface area contributed by atoms with Crippen LogP contribution in [0.1, 0.15) is 63.5 Å². The highest BCUT2D eigenvalue weighted by Crippen LogP contribution is 2.38. The Morgan fingerprint density at radius 2 is 2.04 bits per heavy atom. The molecule has 7 nitrogen and oxygen atoms in total. The lowest BCUT2D eigenvalue weighted by atomic mass is 9.72. The Hall–Kier alpha value is -1.63. The van der Waals surface area contributed by atoms with Crippen molar-refractivity contribution in [2.45, 2.75) is 71.4 Å². The van der Waals surface area contributed by atoms with Crippen LogP contribution in [0.25, 0.3) is 0 Å². The maximum Gasteiger partial charge on any atom is 0.191 e. The van der Waals surface area contributed by atoms with E-state index in [1.54, 1.807) is 0 Å². The molecule has 3 N–H and O–H groups in total. The molecule has 1 aromatic rings. The van der Waals surface area contributed by atoms with Gasteiger partial charge in [0.1, 0.15) is 12.4 Å². The van der Waals surface area contributed by atoms with Gasteiger partial charge in [0.25, 0.3) is 0 Å². The summed E-state index contributed by atoms with van der Waals surface area (Å²) in [6.45, 7) is 5.61. The van der Waals surface area contributed by atoms with E-state index in [2.05, 4.69) is 32.3 Å². The van der Waals surface area contributed by atoms with Gasteiger partial charge in [0.2, 0.25) is 0 Å². The van der Waals surface area contributed by atoms with Gasteiger partial charge in [-0.3, -0.25) is 0 Å². The molecule has 0 atom stereocenters. The molecule has 0 amide bonds. The van der Waals surface area contributed by atoms with Gasteiger partial charge in [0.05, 0.1) is 0 Å². The first kappa shape index (κ1) is 18.2. The molecule has 0 unspecified atom stereocenters. The Bertz CT molecular complexity index is 571. The molecule has 2 heterocycles. The number of rotatable bonds is 7. The van der Waals surface area contributed by atoms with E-state index in [4.69, 9.17) is 4.99 Å². The van der Waals surface area contributed by atoms with Gasteiger partial charge in [0.15, 0.2) is 11.8 Å². The van der Waals surface area contributed by atoms with Crippen molar-refractivity contribution in [3.8, 4) is 0 Å². The molecule has 25 heavy (non-hydrogen) atoms. The maximum atomic E-state index is 9.48. The van der Waals surface area contributed by atoms with Crippen molar-refractivity contribution in [2.24, 2.45) is 10.4 Å². The maximum absolute atomic E-state index is 9.48. The third-order valence-electron chi connectivity index (χ3n) is 5.60. The Balaban J connectivity index is 1.61. The van der Waals surface area contributed by atoms with Crippen LogP contribution in [0.2, 0.25) is 0 Å². The highest BCUT2D eigenvalue weighted by Gasteiger charge is 2.31. The minimum Gasteiger partial charge on any atom is -0.396 e. The topological polar surface area (TPSA) is 87.4 Å². The summed E-state index contributed by atoms with van der Waals surface area (Å²) in [5.41, 5.74) is 0.208. The normalized spacial score (nSPS) is 19.7. The lowest BCUT2D eigenvalue weighted by molar-refractivity contribution is 0.131. The van der Waals surface area contributed by atoms with Crippen LogP contribution in [0.15, 0.2) is 4.99 Å². The molecule has 1 aliphatic heterocycles. The first-order valence-electron chi connectivity index (χ1n) is 9.80. The van der Waals surface area contributed by atoms with Crippen LogP contribution >= 0.6 is 0 Å². The predicted octanol–water partition coefficient (Wildman–Crippen LogP) is 1.61. The SMILES string of the molecule is CCNC(=NCc1nnc2n1CCC2)NCC1(CCO)CCCCC1. The van der Waals surface area contributed by atoms with Crippen LogP contribution in [-0.2, 0) is 19.5 Å². The van der Waals surface area contributed by atoms with Crippen molar-refractivity contribution in [3.63, 3.8) is 0 Å². The fourth-order valence-electron chi connectivity index (χ4n) is 4.14. The Labute approximate surface area is 150 Å². The van der Waals surface area contributed by atoms with Gasteiger partial charge >= 0.3 is 0 Å². The van der Waals surface area contributed by atoms with Gasteiger partial charge in [0, 0.05) is 32.7 Å². The van der Waals surface area contributed by atoms with Crippen LogP contribution in [0.4, 0.5) is 0 Å². The lowest BCUT2D eigenvalue weighted by Gasteiger charge is -2.37. The number of guanidine groups is 1. The average Bonchev–Trinajstić information content (AvgIpc) is 3.23. The third-order valence-corrected chi connectivity index (χ3v) is 5.60. The highest BCUT2D eigenvalue weighted by atomic mass is 16.3. The van der Waals surface area contributed by atoms with E-state index < -0.39 is 0 Å². The molecule has 7 heteroatoms. The largest absolute Gasteiger partial charge is 0.396 e. The quantitative estimate of drug-likeness (QED) is 0.515. The Morgan fingerprint density at radius 1 is 1.20 bits per heavy atom. The smallest absolute Gasteiger partial charge is 0.191 e. The average molecular weight is 348 g/mol. The summed E-state index contributed by atoms with van der Waals surface area (Å²) in [4.78, 5) is 4.72. The molecule has 0 radical (unpaired) electrons. The zero-order chi connectivity index (χ0) is 17.5. The van der Waals surface area contributed by atoms with E-state index in [1.807, 2.05) is 0 Å². The molecular weight excluding hydrogens is 316 g/mol. The molecule has 1 saturated carbocycles. The molecular formula is C18H32N6O. The molecule has 0 bridgehead atoms. The molecule has 0 aromatic carbocycles. The van der Waals surface area contributed by atoms with Crippen molar-refractivity contribution in [2.75, 3.05) is 19.7 Å².